The molecule has 0 aliphatic carbocycles. The predicted octanol–water partition coefficient (Wildman–Crippen LogP) is 2.33. The normalized spacial score (nSPS) is 24.7. The summed E-state index contributed by atoms with van der Waals surface area (Å²) in [6.07, 6.45) is 9.96. The van der Waals surface area contributed by atoms with Crippen LogP contribution in [0.1, 0.15) is 5.56 Å². The van der Waals surface area contributed by atoms with Crippen molar-refractivity contribution in [3.05, 3.63) is 72.9 Å². The lowest BCUT2D eigenvalue weighted by molar-refractivity contribution is 0.524. The molecular weight excluding hydrogens is 208 g/mol. The summed E-state index contributed by atoms with van der Waals surface area (Å²) in [5.74, 6) is 0. The zero-order valence-electron chi connectivity index (χ0n) is 9.89. The molecule has 1 heterocycles. The van der Waals surface area contributed by atoms with Crippen LogP contribution in [-0.4, -0.2) is 13.2 Å². The van der Waals surface area contributed by atoms with Gasteiger partial charge in [0.2, 0.25) is 0 Å². The number of allylic oxidation sites excluding steroid dienone is 4. The first kappa shape index (κ1) is 11.8. The molecule has 0 spiro atoms. The summed E-state index contributed by atoms with van der Waals surface area (Å²) in [7, 11) is 0. The van der Waals surface area contributed by atoms with E-state index in [2.05, 4.69) is 53.6 Å². The van der Waals surface area contributed by atoms with E-state index < -0.39 is 0 Å². The van der Waals surface area contributed by atoms with Crippen molar-refractivity contribution in [3.63, 3.8) is 0 Å². The summed E-state index contributed by atoms with van der Waals surface area (Å²) in [6.45, 7) is 5.41. The fourth-order valence-corrected chi connectivity index (χ4v) is 2.06. The molecule has 0 aromatic heterocycles. The number of benzene rings is 1. The summed E-state index contributed by atoms with van der Waals surface area (Å²) in [5.41, 5.74) is 1.19. The van der Waals surface area contributed by atoms with Crippen LogP contribution in [0.5, 0.6) is 0 Å². The predicted molar refractivity (Wildman–Crippen MR) is 72.6 cm³/mol. The maximum absolute atomic E-state index is 3.66. The van der Waals surface area contributed by atoms with Gasteiger partial charge in [0.1, 0.15) is 0 Å². The van der Waals surface area contributed by atoms with Crippen molar-refractivity contribution in [1.82, 2.24) is 10.6 Å². The van der Waals surface area contributed by atoms with E-state index in [1.54, 1.807) is 6.08 Å². The smallest absolute Gasteiger partial charge is 0.0760 e. The maximum Gasteiger partial charge on any atom is 0.0760 e. The maximum atomic E-state index is 3.66. The molecule has 1 fully saturated rings. The summed E-state index contributed by atoms with van der Waals surface area (Å²) in [4.78, 5) is 0. The van der Waals surface area contributed by atoms with Gasteiger partial charge in [-0.25, -0.2) is 0 Å². The quantitative estimate of drug-likeness (QED) is 0.770. The van der Waals surface area contributed by atoms with Crippen molar-refractivity contribution >= 4 is 0 Å². The third kappa shape index (κ3) is 2.73. The minimum Gasteiger partial charge on any atom is -0.302 e. The lowest BCUT2D eigenvalue weighted by atomic mass is 9.90. The van der Waals surface area contributed by atoms with Crippen LogP contribution in [0, 0.1) is 0 Å². The minimum absolute atomic E-state index is 0.0905. The molecule has 1 atom stereocenters. The molecule has 17 heavy (non-hydrogen) atoms. The van der Waals surface area contributed by atoms with E-state index in [9.17, 15) is 0 Å². The van der Waals surface area contributed by atoms with Crippen LogP contribution >= 0.6 is 0 Å². The Kier molecular flexibility index (Phi) is 3.91. The second-order valence-corrected chi connectivity index (χ2v) is 4.10. The molecule has 1 saturated heterocycles. The molecule has 1 aliphatic heterocycles. The van der Waals surface area contributed by atoms with Gasteiger partial charge in [-0.15, -0.1) is 0 Å². The van der Waals surface area contributed by atoms with Crippen LogP contribution in [0.3, 0.4) is 0 Å². The van der Waals surface area contributed by atoms with Gasteiger partial charge in [0.05, 0.1) is 5.54 Å². The fourth-order valence-electron chi connectivity index (χ4n) is 2.06. The summed E-state index contributed by atoms with van der Waals surface area (Å²) in [5, 5.41) is 6.85. The third-order valence-corrected chi connectivity index (χ3v) is 2.96. The van der Waals surface area contributed by atoms with Crippen molar-refractivity contribution in [2.75, 3.05) is 13.2 Å². The molecule has 0 saturated carbocycles. The van der Waals surface area contributed by atoms with Gasteiger partial charge in [0.25, 0.3) is 0 Å². The standard InChI is InChI=1S/C15H18N2/c1-2-3-4-8-11-15(12-16-13-17-15)14-9-6-5-7-10-14/h2-11,16-17H,1,12-13H2/b4-3-,11-8-. The van der Waals surface area contributed by atoms with Crippen LogP contribution in [0.2, 0.25) is 0 Å². The molecule has 0 radical (unpaired) electrons. The third-order valence-electron chi connectivity index (χ3n) is 2.96. The molecule has 2 heteroatoms. The van der Waals surface area contributed by atoms with E-state index in [0.717, 1.165) is 13.2 Å². The molecule has 2 N–H and O–H groups in total. The largest absolute Gasteiger partial charge is 0.302 e. The molecule has 1 aromatic carbocycles. The van der Waals surface area contributed by atoms with Crippen molar-refractivity contribution < 1.29 is 0 Å². The van der Waals surface area contributed by atoms with Crippen LogP contribution in [-0.2, 0) is 5.54 Å². The highest BCUT2D eigenvalue weighted by Crippen LogP contribution is 2.24. The summed E-state index contributed by atoms with van der Waals surface area (Å²) < 4.78 is 0. The summed E-state index contributed by atoms with van der Waals surface area (Å²) >= 11 is 0. The van der Waals surface area contributed by atoms with Gasteiger partial charge in [-0.05, 0) is 5.56 Å². The average molecular weight is 226 g/mol. The first-order valence-corrected chi connectivity index (χ1v) is 5.86. The highest BCUT2D eigenvalue weighted by molar-refractivity contribution is 5.33. The lowest BCUT2D eigenvalue weighted by Crippen LogP contribution is -2.37. The Balaban J connectivity index is 2.24. The number of rotatable bonds is 4. The van der Waals surface area contributed by atoms with Gasteiger partial charge in [-0.1, -0.05) is 67.3 Å². The Morgan fingerprint density at radius 3 is 2.59 bits per heavy atom. The van der Waals surface area contributed by atoms with E-state index in [1.165, 1.54) is 5.56 Å². The molecule has 1 unspecified atom stereocenters. The Bertz CT molecular complexity index is 412. The van der Waals surface area contributed by atoms with Gasteiger partial charge >= 0.3 is 0 Å². The minimum atomic E-state index is -0.0905. The Morgan fingerprint density at radius 1 is 1.12 bits per heavy atom. The Morgan fingerprint density at radius 2 is 1.94 bits per heavy atom. The van der Waals surface area contributed by atoms with Crippen molar-refractivity contribution in [2.45, 2.75) is 5.54 Å². The van der Waals surface area contributed by atoms with E-state index in [0.29, 0.717) is 0 Å². The molecule has 1 aromatic rings. The van der Waals surface area contributed by atoms with Gasteiger partial charge in [-0.2, -0.15) is 0 Å². The number of nitrogens with one attached hydrogen (secondary N) is 2. The molecule has 1 aliphatic rings. The van der Waals surface area contributed by atoms with Crippen LogP contribution in [0.25, 0.3) is 0 Å². The molecule has 88 valence electrons. The second-order valence-electron chi connectivity index (χ2n) is 4.10. The Labute approximate surface area is 103 Å². The van der Waals surface area contributed by atoms with Crippen molar-refractivity contribution in [2.24, 2.45) is 0 Å². The fraction of sp³-hybridized carbons (Fsp3) is 0.200. The van der Waals surface area contributed by atoms with Crippen LogP contribution in [0.4, 0.5) is 0 Å². The Hall–Kier alpha value is -1.64. The second kappa shape index (κ2) is 5.62. The van der Waals surface area contributed by atoms with Gasteiger partial charge < -0.3 is 5.32 Å². The molecule has 2 nitrogen and oxygen atoms in total. The van der Waals surface area contributed by atoms with E-state index in [1.807, 2.05) is 18.2 Å². The monoisotopic (exact) mass is 226 g/mol. The highest BCUT2D eigenvalue weighted by atomic mass is 15.2. The molecule has 2 rings (SSSR count). The number of hydrogen-bond donors (Lipinski definition) is 2. The number of hydrogen-bond acceptors (Lipinski definition) is 2. The van der Waals surface area contributed by atoms with Crippen LogP contribution < -0.4 is 10.6 Å². The van der Waals surface area contributed by atoms with Crippen molar-refractivity contribution in [1.29, 1.82) is 0 Å². The highest BCUT2D eigenvalue weighted by Gasteiger charge is 2.31. The van der Waals surface area contributed by atoms with E-state index >= 15 is 0 Å². The lowest BCUT2D eigenvalue weighted by Gasteiger charge is -2.25. The molecule has 0 amide bonds. The van der Waals surface area contributed by atoms with E-state index in [-0.39, 0.29) is 5.54 Å². The average Bonchev–Trinajstić information content (AvgIpc) is 2.86. The molecule has 0 bridgehead atoms. The van der Waals surface area contributed by atoms with Gasteiger partial charge in [0, 0.05) is 13.2 Å². The van der Waals surface area contributed by atoms with Crippen LogP contribution in [0.15, 0.2) is 67.3 Å². The first-order valence-electron chi connectivity index (χ1n) is 5.86. The van der Waals surface area contributed by atoms with Gasteiger partial charge in [0.15, 0.2) is 0 Å². The zero-order chi connectivity index (χ0) is 12.0. The SMILES string of the molecule is C=C/C=C\C=C/C1(c2ccccc2)CNCN1. The van der Waals surface area contributed by atoms with Crippen molar-refractivity contribution in [3.8, 4) is 0 Å². The summed E-state index contributed by atoms with van der Waals surface area (Å²) in [6, 6.07) is 10.5. The van der Waals surface area contributed by atoms with E-state index in [4.69, 9.17) is 0 Å². The topological polar surface area (TPSA) is 24.1 Å². The zero-order valence-corrected chi connectivity index (χ0v) is 9.89. The van der Waals surface area contributed by atoms with Gasteiger partial charge in [-0.3, -0.25) is 5.32 Å². The molecular formula is C15H18N2. The first-order chi connectivity index (χ1) is 8.37.